The highest BCUT2D eigenvalue weighted by Crippen LogP contribution is 2.29. The molecule has 3 rings (SSSR count). The average molecular weight is 415 g/mol. The van der Waals surface area contributed by atoms with Crippen molar-refractivity contribution in [1.82, 2.24) is 4.98 Å². The highest BCUT2D eigenvalue weighted by molar-refractivity contribution is 7.22. The number of aromatic nitrogens is 1. The summed E-state index contributed by atoms with van der Waals surface area (Å²) in [6.07, 6.45) is 0. The zero-order chi connectivity index (χ0) is 20.6. The normalized spacial score (nSPS) is 10.6. The van der Waals surface area contributed by atoms with E-state index in [-0.39, 0.29) is 12.2 Å². The number of carbonyl (C=O) groups is 2. The number of hydrogen-bond donors (Lipinski definition) is 3. The Morgan fingerprint density at radius 2 is 2.03 bits per heavy atom. The summed E-state index contributed by atoms with van der Waals surface area (Å²) in [6.45, 7) is 2.27. The molecule has 2 aromatic carbocycles. The molecular formula is C20H21N3O5S. The van der Waals surface area contributed by atoms with Gasteiger partial charge >= 0.3 is 5.97 Å². The van der Waals surface area contributed by atoms with Gasteiger partial charge in [0, 0.05) is 12.2 Å². The lowest BCUT2D eigenvalue weighted by atomic mass is 10.2. The fourth-order valence-corrected chi connectivity index (χ4v) is 3.50. The van der Waals surface area contributed by atoms with E-state index >= 15 is 0 Å². The molecule has 8 nitrogen and oxygen atoms in total. The molecule has 0 atom stereocenters. The number of hydrogen-bond acceptors (Lipinski definition) is 8. The van der Waals surface area contributed by atoms with E-state index in [0.29, 0.717) is 24.0 Å². The topological polar surface area (TPSA) is 110 Å². The van der Waals surface area contributed by atoms with Gasteiger partial charge in [0.2, 0.25) is 0 Å². The van der Waals surface area contributed by atoms with Crippen molar-refractivity contribution in [2.75, 3.05) is 37.0 Å². The first kappa shape index (κ1) is 20.6. The van der Waals surface area contributed by atoms with E-state index in [2.05, 4.69) is 15.6 Å². The Kier molecular flexibility index (Phi) is 6.99. The Balaban J connectivity index is 1.58. The summed E-state index contributed by atoms with van der Waals surface area (Å²) in [6, 6.07) is 12.2. The van der Waals surface area contributed by atoms with Gasteiger partial charge in [-0.15, -0.1) is 0 Å². The van der Waals surface area contributed by atoms with Crippen molar-refractivity contribution >= 4 is 44.2 Å². The third kappa shape index (κ3) is 5.43. The molecule has 1 aromatic heterocycles. The second-order valence-corrected chi connectivity index (χ2v) is 6.93. The average Bonchev–Trinajstić information content (AvgIpc) is 3.12. The number of fused-ring (bicyclic) bond motifs is 1. The third-order valence-corrected chi connectivity index (χ3v) is 4.76. The largest absolute Gasteiger partial charge is 0.494 e. The molecule has 0 radical (unpaired) electrons. The summed E-state index contributed by atoms with van der Waals surface area (Å²) >= 11 is 1.31. The number of esters is 1. The molecule has 1 amide bonds. The van der Waals surface area contributed by atoms with Crippen LogP contribution in [0.15, 0.2) is 42.5 Å². The first-order valence-electron chi connectivity index (χ1n) is 9.05. The van der Waals surface area contributed by atoms with Gasteiger partial charge in [0.1, 0.15) is 5.75 Å². The van der Waals surface area contributed by atoms with Gasteiger partial charge in [-0.2, -0.15) is 0 Å². The van der Waals surface area contributed by atoms with Crippen molar-refractivity contribution in [3.8, 4) is 5.75 Å². The molecule has 0 saturated heterocycles. The molecule has 0 spiro atoms. The van der Waals surface area contributed by atoms with Crippen molar-refractivity contribution in [1.29, 1.82) is 0 Å². The molecule has 0 aliphatic rings. The number of benzene rings is 2. The highest BCUT2D eigenvalue weighted by Gasteiger charge is 2.15. The van der Waals surface area contributed by atoms with E-state index in [1.807, 2.05) is 25.1 Å². The van der Waals surface area contributed by atoms with Crippen LogP contribution in [0.25, 0.3) is 10.2 Å². The van der Waals surface area contributed by atoms with Crippen molar-refractivity contribution < 1.29 is 24.2 Å². The molecule has 29 heavy (non-hydrogen) atoms. The van der Waals surface area contributed by atoms with Gasteiger partial charge in [0.05, 0.1) is 29.0 Å². The number of rotatable bonds is 9. The Morgan fingerprint density at radius 1 is 1.21 bits per heavy atom. The monoisotopic (exact) mass is 415 g/mol. The van der Waals surface area contributed by atoms with E-state index in [1.165, 1.54) is 11.3 Å². The van der Waals surface area contributed by atoms with Gasteiger partial charge in [0.15, 0.2) is 11.7 Å². The molecular weight excluding hydrogens is 394 g/mol. The zero-order valence-corrected chi connectivity index (χ0v) is 16.6. The van der Waals surface area contributed by atoms with Crippen LogP contribution in [0.5, 0.6) is 5.75 Å². The van der Waals surface area contributed by atoms with Crippen LogP contribution in [0.1, 0.15) is 17.3 Å². The molecule has 0 aliphatic heterocycles. The van der Waals surface area contributed by atoms with Crippen LogP contribution < -0.4 is 15.4 Å². The van der Waals surface area contributed by atoms with Crippen LogP contribution in [0.2, 0.25) is 0 Å². The van der Waals surface area contributed by atoms with Crippen LogP contribution >= 0.6 is 11.3 Å². The van der Waals surface area contributed by atoms with Gasteiger partial charge in [-0.1, -0.05) is 23.5 Å². The SMILES string of the molecule is CCOc1ccc2nc(NC(=O)COC(=O)c3ccccc3NCCO)sc2c1. The maximum absolute atomic E-state index is 12.3. The van der Waals surface area contributed by atoms with Crippen LogP contribution in [-0.4, -0.2) is 48.3 Å². The van der Waals surface area contributed by atoms with Crippen molar-refractivity contribution in [2.24, 2.45) is 0 Å². The number of anilines is 2. The van der Waals surface area contributed by atoms with Gasteiger partial charge < -0.3 is 19.9 Å². The summed E-state index contributed by atoms with van der Waals surface area (Å²) in [4.78, 5) is 28.8. The maximum atomic E-state index is 12.3. The highest BCUT2D eigenvalue weighted by atomic mass is 32.1. The zero-order valence-electron chi connectivity index (χ0n) is 15.8. The number of amides is 1. The second kappa shape index (κ2) is 9.85. The lowest BCUT2D eigenvalue weighted by molar-refractivity contribution is -0.119. The Hall–Kier alpha value is -3.17. The summed E-state index contributed by atoms with van der Waals surface area (Å²) < 4.78 is 11.5. The first-order chi connectivity index (χ1) is 14.1. The number of aliphatic hydroxyl groups is 1. The minimum absolute atomic E-state index is 0.0694. The smallest absolute Gasteiger partial charge is 0.340 e. The van der Waals surface area contributed by atoms with E-state index in [9.17, 15) is 9.59 Å². The van der Waals surface area contributed by atoms with Crippen LogP contribution in [-0.2, 0) is 9.53 Å². The number of aliphatic hydroxyl groups excluding tert-OH is 1. The minimum Gasteiger partial charge on any atom is -0.494 e. The Bertz CT molecular complexity index is 1000. The molecule has 0 bridgehead atoms. The molecule has 0 saturated carbocycles. The van der Waals surface area contributed by atoms with Gasteiger partial charge in [-0.3, -0.25) is 10.1 Å². The number of para-hydroxylation sites is 1. The molecule has 0 unspecified atom stereocenters. The van der Waals surface area contributed by atoms with Gasteiger partial charge in [-0.25, -0.2) is 9.78 Å². The standard InChI is InChI=1S/C20H21N3O5S/c1-2-27-13-7-8-16-17(11-13)29-20(22-16)23-18(25)12-28-19(26)14-5-3-4-6-15(14)21-9-10-24/h3-8,11,21,24H,2,9-10,12H2,1H3,(H,22,23,25). The van der Waals surface area contributed by atoms with E-state index in [4.69, 9.17) is 14.6 Å². The predicted molar refractivity (Wildman–Crippen MR) is 112 cm³/mol. The first-order valence-corrected chi connectivity index (χ1v) is 9.86. The summed E-state index contributed by atoms with van der Waals surface area (Å²) in [5.74, 6) is -0.376. The second-order valence-electron chi connectivity index (χ2n) is 5.90. The fraction of sp³-hybridized carbons (Fsp3) is 0.250. The van der Waals surface area contributed by atoms with Crippen molar-refractivity contribution in [3.63, 3.8) is 0 Å². The van der Waals surface area contributed by atoms with E-state index in [1.54, 1.807) is 24.3 Å². The van der Waals surface area contributed by atoms with Crippen LogP contribution in [0, 0.1) is 0 Å². The summed E-state index contributed by atoms with van der Waals surface area (Å²) in [5, 5.41) is 14.9. The molecule has 1 heterocycles. The lowest BCUT2D eigenvalue weighted by Gasteiger charge is -2.10. The fourth-order valence-electron chi connectivity index (χ4n) is 2.58. The number of nitrogens with zero attached hydrogens (tertiary/aromatic N) is 1. The maximum Gasteiger partial charge on any atom is 0.340 e. The Morgan fingerprint density at radius 3 is 2.83 bits per heavy atom. The van der Waals surface area contributed by atoms with E-state index in [0.717, 1.165) is 16.0 Å². The molecule has 3 N–H and O–H groups in total. The third-order valence-electron chi connectivity index (χ3n) is 3.83. The van der Waals surface area contributed by atoms with E-state index < -0.39 is 18.5 Å². The molecule has 152 valence electrons. The Labute approximate surface area is 171 Å². The molecule has 9 heteroatoms. The molecule has 0 fully saturated rings. The van der Waals surface area contributed by atoms with Crippen LogP contribution in [0.4, 0.5) is 10.8 Å². The number of ether oxygens (including phenoxy) is 2. The number of thiazole rings is 1. The minimum atomic E-state index is -0.633. The molecule has 0 aliphatic carbocycles. The predicted octanol–water partition coefficient (Wildman–Crippen LogP) is 2.89. The van der Waals surface area contributed by atoms with Gasteiger partial charge in [0.25, 0.3) is 5.91 Å². The summed E-state index contributed by atoms with van der Waals surface area (Å²) in [5.41, 5.74) is 1.56. The van der Waals surface area contributed by atoms with Crippen molar-refractivity contribution in [3.05, 3.63) is 48.0 Å². The van der Waals surface area contributed by atoms with Crippen LogP contribution in [0.3, 0.4) is 0 Å². The number of carbonyl (C=O) groups excluding carboxylic acids is 2. The summed E-state index contributed by atoms with van der Waals surface area (Å²) in [7, 11) is 0. The number of nitrogens with one attached hydrogen (secondary N) is 2. The lowest BCUT2D eigenvalue weighted by Crippen LogP contribution is -2.21. The quantitative estimate of drug-likeness (QED) is 0.461. The van der Waals surface area contributed by atoms with Crippen molar-refractivity contribution in [2.45, 2.75) is 6.92 Å². The molecule has 3 aromatic rings. The van der Waals surface area contributed by atoms with Gasteiger partial charge in [-0.05, 0) is 37.3 Å².